The second kappa shape index (κ2) is 11.5. The standard InChI is InChI=1S/C39H24F6S2/c1-2-24-18-20-26(21-19-24)32-23-30(36(47-32)28-16-10-5-11-17-28)34-33(37(40,41)39(44,45)38(34,42)43)29-22-31(25-12-6-3-7-13-25)46-35(29)27-14-8-4-9-15-27/h2-23H,1H2. The zero-order valence-electron chi connectivity index (χ0n) is 24.5. The van der Waals surface area contributed by atoms with E-state index in [1.807, 2.05) is 0 Å². The van der Waals surface area contributed by atoms with Crippen LogP contribution in [0.1, 0.15) is 16.7 Å². The minimum Gasteiger partial charge on any atom is -0.194 e. The molecule has 47 heavy (non-hydrogen) atoms. The molecule has 0 atom stereocenters. The molecule has 1 aliphatic rings. The van der Waals surface area contributed by atoms with Crippen molar-refractivity contribution in [1.82, 2.24) is 0 Å². The number of thiophene rings is 2. The molecule has 8 heteroatoms. The summed E-state index contributed by atoms with van der Waals surface area (Å²) in [7, 11) is 0. The molecule has 0 unspecified atom stereocenters. The van der Waals surface area contributed by atoms with Gasteiger partial charge in [0.15, 0.2) is 0 Å². The summed E-state index contributed by atoms with van der Waals surface area (Å²) in [4.78, 5) is 1.34. The molecule has 0 saturated carbocycles. The van der Waals surface area contributed by atoms with E-state index in [1.54, 1.807) is 121 Å². The Bertz CT molecular complexity index is 2110. The fraction of sp³-hybridized carbons (Fsp3) is 0.0769. The summed E-state index contributed by atoms with van der Waals surface area (Å²) in [5.41, 5.74) is -0.452. The number of hydrogen-bond donors (Lipinski definition) is 0. The van der Waals surface area contributed by atoms with Crippen LogP contribution in [0.4, 0.5) is 26.3 Å². The van der Waals surface area contributed by atoms with E-state index >= 15 is 26.3 Å². The van der Waals surface area contributed by atoms with Crippen molar-refractivity contribution < 1.29 is 26.3 Å². The van der Waals surface area contributed by atoms with Gasteiger partial charge in [-0.05, 0) is 39.9 Å². The Morgan fingerprint density at radius 1 is 0.468 bits per heavy atom. The number of hydrogen-bond acceptors (Lipinski definition) is 2. The topological polar surface area (TPSA) is 0 Å². The Morgan fingerprint density at radius 2 is 0.830 bits per heavy atom. The van der Waals surface area contributed by atoms with Gasteiger partial charge in [-0.3, -0.25) is 0 Å². The number of halogens is 6. The highest BCUT2D eigenvalue weighted by Crippen LogP contribution is 2.67. The maximum atomic E-state index is 16.3. The SMILES string of the molecule is C=Cc1ccc(-c2cc(C3=C(c4cc(-c5ccccc5)sc4-c4ccccc4)C(F)(F)C(F)(F)C3(F)F)c(-c3ccccc3)s2)cc1. The summed E-state index contributed by atoms with van der Waals surface area (Å²) in [5, 5.41) is 0. The van der Waals surface area contributed by atoms with Crippen molar-refractivity contribution in [1.29, 1.82) is 0 Å². The minimum absolute atomic E-state index is 0.189. The van der Waals surface area contributed by atoms with E-state index in [0.29, 0.717) is 32.0 Å². The maximum Gasteiger partial charge on any atom is 0.380 e. The fourth-order valence-corrected chi connectivity index (χ4v) is 8.22. The van der Waals surface area contributed by atoms with Gasteiger partial charge in [-0.2, -0.15) is 26.3 Å². The lowest BCUT2D eigenvalue weighted by molar-refractivity contribution is -0.254. The van der Waals surface area contributed by atoms with Gasteiger partial charge in [0.2, 0.25) is 0 Å². The average molecular weight is 671 g/mol. The molecule has 0 N–H and O–H groups in total. The molecule has 0 nitrogen and oxygen atoms in total. The fourth-order valence-electron chi connectivity index (χ4n) is 5.86. The van der Waals surface area contributed by atoms with Crippen LogP contribution in [0.5, 0.6) is 0 Å². The highest BCUT2D eigenvalue weighted by atomic mass is 32.1. The monoisotopic (exact) mass is 670 g/mol. The molecule has 0 aliphatic heterocycles. The first kappa shape index (κ1) is 31.0. The van der Waals surface area contributed by atoms with E-state index in [2.05, 4.69) is 6.58 Å². The predicted molar refractivity (Wildman–Crippen MR) is 182 cm³/mol. The molecule has 1 aliphatic carbocycles. The van der Waals surface area contributed by atoms with Crippen LogP contribution in [0.15, 0.2) is 134 Å². The molecule has 2 aromatic heterocycles. The molecule has 0 saturated heterocycles. The summed E-state index contributed by atoms with van der Waals surface area (Å²) in [5.74, 6) is -16.1. The van der Waals surface area contributed by atoms with Crippen molar-refractivity contribution in [3.63, 3.8) is 0 Å². The van der Waals surface area contributed by atoms with Crippen LogP contribution in [-0.2, 0) is 0 Å². The van der Waals surface area contributed by atoms with Crippen molar-refractivity contribution >= 4 is 39.9 Å². The molecule has 6 aromatic rings. The summed E-state index contributed by atoms with van der Waals surface area (Å²) in [6.45, 7) is 3.75. The molecule has 4 aromatic carbocycles. The second-order valence-corrected chi connectivity index (χ2v) is 13.2. The highest BCUT2D eigenvalue weighted by Gasteiger charge is 2.80. The molecule has 7 rings (SSSR count). The lowest BCUT2D eigenvalue weighted by atomic mass is 9.92. The molecule has 0 fully saturated rings. The number of rotatable bonds is 7. The lowest BCUT2D eigenvalue weighted by Crippen LogP contribution is -2.48. The molecule has 0 spiro atoms. The van der Waals surface area contributed by atoms with Gasteiger partial charge in [-0.1, -0.05) is 128 Å². The quantitative estimate of drug-likeness (QED) is 0.148. The lowest BCUT2D eigenvalue weighted by Gasteiger charge is -2.26. The van der Waals surface area contributed by atoms with Crippen LogP contribution in [-0.4, -0.2) is 17.8 Å². The van der Waals surface area contributed by atoms with E-state index in [-0.39, 0.29) is 20.9 Å². The Morgan fingerprint density at radius 3 is 1.21 bits per heavy atom. The van der Waals surface area contributed by atoms with E-state index in [4.69, 9.17) is 0 Å². The predicted octanol–water partition coefficient (Wildman–Crippen LogP) is 13.0. The van der Waals surface area contributed by atoms with Crippen molar-refractivity contribution in [2.75, 3.05) is 0 Å². The summed E-state index contributed by atoms with van der Waals surface area (Å²) < 4.78 is 96.4. The van der Waals surface area contributed by atoms with Gasteiger partial charge in [-0.25, -0.2) is 0 Å². The maximum absolute atomic E-state index is 16.3. The Hall–Kier alpha value is -4.66. The zero-order valence-corrected chi connectivity index (χ0v) is 26.1. The summed E-state index contributed by atoms with van der Waals surface area (Å²) in [6.07, 6.45) is 1.65. The third kappa shape index (κ3) is 4.98. The highest BCUT2D eigenvalue weighted by molar-refractivity contribution is 7.19. The molecule has 0 amide bonds. The van der Waals surface area contributed by atoms with E-state index in [0.717, 1.165) is 28.2 Å². The van der Waals surface area contributed by atoms with Crippen LogP contribution < -0.4 is 0 Å². The Labute approximate surface area is 275 Å². The van der Waals surface area contributed by atoms with Crippen LogP contribution in [0.3, 0.4) is 0 Å². The number of alkyl halides is 6. The second-order valence-electron chi connectivity index (χ2n) is 11.1. The Balaban J connectivity index is 1.58. The minimum atomic E-state index is -5.70. The zero-order chi connectivity index (χ0) is 33.0. The first-order valence-corrected chi connectivity index (χ1v) is 16.2. The van der Waals surface area contributed by atoms with Crippen molar-refractivity contribution in [2.45, 2.75) is 17.8 Å². The van der Waals surface area contributed by atoms with Crippen LogP contribution >= 0.6 is 22.7 Å². The molecule has 2 heterocycles. The van der Waals surface area contributed by atoms with Gasteiger partial charge in [0, 0.05) is 41.8 Å². The van der Waals surface area contributed by atoms with Crippen molar-refractivity contribution in [3.05, 3.63) is 151 Å². The van der Waals surface area contributed by atoms with Crippen LogP contribution in [0.2, 0.25) is 0 Å². The van der Waals surface area contributed by atoms with Gasteiger partial charge in [-0.15, -0.1) is 22.7 Å². The van der Waals surface area contributed by atoms with Crippen molar-refractivity contribution in [2.24, 2.45) is 0 Å². The number of allylic oxidation sites excluding steroid dienone is 2. The molecule has 234 valence electrons. The van der Waals surface area contributed by atoms with Crippen LogP contribution in [0, 0.1) is 0 Å². The summed E-state index contributed by atoms with van der Waals surface area (Å²) >= 11 is 2.18. The molecular weight excluding hydrogens is 647 g/mol. The van der Waals surface area contributed by atoms with Gasteiger partial charge in [0.1, 0.15) is 0 Å². The first-order chi connectivity index (χ1) is 22.5. The molecule has 0 bridgehead atoms. The van der Waals surface area contributed by atoms with Crippen LogP contribution in [0.25, 0.3) is 59.0 Å². The van der Waals surface area contributed by atoms with Gasteiger partial charge in [0.25, 0.3) is 0 Å². The Kier molecular flexibility index (Phi) is 7.61. The van der Waals surface area contributed by atoms with E-state index < -0.39 is 28.9 Å². The van der Waals surface area contributed by atoms with Gasteiger partial charge in [0.05, 0.1) is 0 Å². The normalized spacial score (nSPS) is 16.4. The first-order valence-electron chi connectivity index (χ1n) is 14.6. The average Bonchev–Trinajstić information content (AvgIpc) is 3.75. The van der Waals surface area contributed by atoms with Gasteiger partial charge < -0.3 is 0 Å². The van der Waals surface area contributed by atoms with E-state index in [1.165, 1.54) is 12.1 Å². The largest absolute Gasteiger partial charge is 0.380 e. The van der Waals surface area contributed by atoms with E-state index in [9.17, 15) is 0 Å². The smallest absolute Gasteiger partial charge is 0.194 e. The summed E-state index contributed by atoms with van der Waals surface area (Å²) in [6, 6.07) is 35.4. The third-order valence-corrected chi connectivity index (χ3v) is 10.7. The molecule has 0 radical (unpaired) electrons. The number of benzene rings is 4. The third-order valence-electron chi connectivity index (χ3n) is 8.23. The van der Waals surface area contributed by atoms with Gasteiger partial charge >= 0.3 is 17.8 Å². The molecular formula is C39H24F6S2. The van der Waals surface area contributed by atoms with Crippen molar-refractivity contribution in [3.8, 4) is 41.8 Å².